The maximum Gasteiger partial charge on any atom is 0.412 e. The van der Waals surface area contributed by atoms with E-state index in [-0.39, 0.29) is 12.1 Å². The van der Waals surface area contributed by atoms with Gasteiger partial charge in [0, 0.05) is 6.07 Å². The lowest BCUT2D eigenvalue weighted by Crippen LogP contribution is -2.28. The van der Waals surface area contributed by atoms with Crippen molar-refractivity contribution < 1.29 is 19.0 Å². The molecule has 1 saturated heterocycles. The van der Waals surface area contributed by atoms with Crippen molar-refractivity contribution in [1.82, 2.24) is 9.55 Å². The largest absolute Gasteiger partial charge is 0.444 e. The molecule has 1 fully saturated rings. The van der Waals surface area contributed by atoms with Gasteiger partial charge >= 0.3 is 6.09 Å². The lowest BCUT2D eigenvalue weighted by atomic mass is 10.2. The van der Waals surface area contributed by atoms with Gasteiger partial charge in [0.15, 0.2) is 6.29 Å². The zero-order chi connectivity index (χ0) is 18.0. The van der Waals surface area contributed by atoms with Crippen LogP contribution in [0.15, 0.2) is 29.2 Å². The first-order valence-corrected chi connectivity index (χ1v) is 8.05. The molecule has 0 aromatic carbocycles. The molecule has 0 atom stereocenters. The molecule has 0 bridgehead atoms. The van der Waals surface area contributed by atoms with Crippen molar-refractivity contribution in [2.24, 2.45) is 0 Å². The Morgan fingerprint density at radius 1 is 1.36 bits per heavy atom. The minimum atomic E-state index is -0.604. The van der Waals surface area contributed by atoms with Gasteiger partial charge in [-0.25, -0.2) is 4.79 Å². The Balaban J connectivity index is 1.89. The predicted octanol–water partition coefficient (Wildman–Crippen LogP) is 2.12. The van der Waals surface area contributed by atoms with E-state index >= 15 is 0 Å². The molecule has 0 saturated carbocycles. The third-order valence-electron chi connectivity index (χ3n) is 3.51. The fourth-order valence-electron chi connectivity index (χ4n) is 2.51. The smallest absolute Gasteiger partial charge is 0.412 e. The Bertz CT molecular complexity index is 834. The number of hydrogen-bond donors (Lipinski definition) is 1. The second-order valence-corrected chi connectivity index (χ2v) is 6.71. The summed E-state index contributed by atoms with van der Waals surface area (Å²) in [6.45, 7) is 6.62. The first-order chi connectivity index (χ1) is 11.8. The van der Waals surface area contributed by atoms with Crippen LogP contribution in [0.4, 0.5) is 10.5 Å². The molecular formula is C17H21N3O5. The maximum absolute atomic E-state index is 12.3. The highest BCUT2D eigenvalue weighted by Crippen LogP contribution is 2.18. The van der Waals surface area contributed by atoms with E-state index in [1.165, 1.54) is 16.8 Å². The molecule has 0 unspecified atom stereocenters. The number of aromatic nitrogens is 2. The number of pyridine rings is 2. The Hall–Kier alpha value is -2.45. The molecule has 1 N–H and O–H groups in total. The van der Waals surface area contributed by atoms with E-state index in [9.17, 15) is 9.59 Å². The second-order valence-electron chi connectivity index (χ2n) is 6.71. The van der Waals surface area contributed by atoms with Crippen molar-refractivity contribution >= 4 is 22.8 Å². The van der Waals surface area contributed by atoms with Crippen LogP contribution >= 0.6 is 0 Å². The van der Waals surface area contributed by atoms with E-state index in [0.717, 1.165) is 0 Å². The SMILES string of the molecule is CC(C)(C)OC(=O)Nc1cnc2ccc(=O)n(CC3OCCO3)c2c1. The summed E-state index contributed by atoms with van der Waals surface area (Å²) in [6.07, 6.45) is 0.468. The molecule has 0 spiro atoms. The molecule has 1 aliphatic rings. The van der Waals surface area contributed by atoms with Crippen LogP contribution < -0.4 is 10.9 Å². The Labute approximate surface area is 144 Å². The molecule has 8 nitrogen and oxygen atoms in total. The summed E-state index contributed by atoms with van der Waals surface area (Å²) in [5.74, 6) is 0. The fraction of sp³-hybridized carbons (Fsp3) is 0.471. The van der Waals surface area contributed by atoms with E-state index < -0.39 is 18.0 Å². The van der Waals surface area contributed by atoms with Crippen molar-refractivity contribution in [2.75, 3.05) is 18.5 Å². The molecule has 3 heterocycles. The highest BCUT2D eigenvalue weighted by Gasteiger charge is 2.19. The average molecular weight is 347 g/mol. The number of carbonyl (C=O) groups excluding carboxylic acids is 1. The summed E-state index contributed by atoms with van der Waals surface area (Å²) in [7, 11) is 0. The van der Waals surface area contributed by atoms with Gasteiger partial charge in [-0.2, -0.15) is 0 Å². The van der Waals surface area contributed by atoms with Crippen LogP contribution in [-0.2, 0) is 20.8 Å². The van der Waals surface area contributed by atoms with E-state index in [0.29, 0.717) is 29.9 Å². The van der Waals surface area contributed by atoms with Crippen molar-refractivity contribution in [3.8, 4) is 0 Å². The topological polar surface area (TPSA) is 91.7 Å². The molecule has 8 heteroatoms. The van der Waals surface area contributed by atoms with Gasteiger partial charge in [0.05, 0.1) is 42.7 Å². The summed E-state index contributed by atoms with van der Waals surface area (Å²) in [4.78, 5) is 28.5. The van der Waals surface area contributed by atoms with Gasteiger partial charge in [-0.1, -0.05) is 0 Å². The number of nitrogens with one attached hydrogen (secondary N) is 1. The van der Waals surface area contributed by atoms with Gasteiger partial charge in [0.2, 0.25) is 0 Å². The average Bonchev–Trinajstić information content (AvgIpc) is 3.01. The van der Waals surface area contributed by atoms with Crippen LogP contribution in [0.1, 0.15) is 20.8 Å². The lowest BCUT2D eigenvalue weighted by molar-refractivity contribution is -0.0522. The molecule has 1 aliphatic heterocycles. The first-order valence-electron chi connectivity index (χ1n) is 8.05. The van der Waals surface area contributed by atoms with Gasteiger partial charge in [0.1, 0.15) is 5.60 Å². The summed E-state index contributed by atoms with van der Waals surface area (Å²) in [5, 5.41) is 2.63. The minimum absolute atomic E-state index is 0.192. The number of ether oxygens (including phenoxy) is 3. The summed E-state index contributed by atoms with van der Waals surface area (Å²) in [5.41, 5.74) is 0.859. The van der Waals surface area contributed by atoms with Crippen LogP contribution in [0, 0.1) is 0 Å². The summed E-state index contributed by atoms with van der Waals surface area (Å²) < 4.78 is 17.6. The van der Waals surface area contributed by atoms with Gasteiger partial charge in [-0.15, -0.1) is 0 Å². The zero-order valence-corrected chi connectivity index (χ0v) is 14.4. The molecule has 2 aromatic heterocycles. The molecule has 0 aliphatic carbocycles. The fourth-order valence-corrected chi connectivity index (χ4v) is 2.51. The van der Waals surface area contributed by atoms with E-state index in [2.05, 4.69) is 10.3 Å². The molecule has 0 radical (unpaired) electrons. The Kier molecular flexibility index (Phi) is 4.73. The monoisotopic (exact) mass is 347 g/mol. The molecule has 25 heavy (non-hydrogen) atoms. The number of anilines is 1. The lowest BCUT2D eigenvalue weighted by Gasteiger charge is -2.20. The molecule has 3 rings (SSSR count). The standard InChI is InChI=1S/C17H21N3O5/c1-17(2,3)25-16(22)19-11-8-13-12(18-9-11)4-5-14(21)20(13)10-15-23-6-7-24-15/h4-5,8-9,15H,6-7,10H2,1-3H3,(H,19,22). The second kappa shape index (κ2) is 6.81. The summed E-state index contributed by atoms with van der Waals surface area (Å²) in [6, 6.07) is 4.77. The van der Waals surface area contributed by atoms with Crippen LogP contribution in [-0.4, -0.2) is 40.7 Å². The van der Waals surface area contributed by atoms with Gasteiger partial charge in [-0.05, 0) is 32.9 Å². The first kappa shape index (κ1) is 17.4. The molecule has 134 valence electrons. The van der Waals surface area contributed by atoms with Crippen molar-refractivity contribution in [1.29, 1.82) is 0 Å². The van der Waals surface area contributed by atoms with Crippen molar-refractivity contribution in [3.05, 3.63) is 34.7 Å². The Morgan fingerprint density at radius 2 is 2.08 bits per heavy atom. The van der Waals surface area contributed by atoms with E-state index in [1.807, 2.05) is 0 Å². The third-order valence-corrected chi connectivity index (χ3v) is 3.51. The van der Waals surface area contributed by atoms with Crippen LogP contribution in [0.2, 0.25) is 0 Å². The number of hydrogen-bond acceptors (Lipinski definition) is 6. The Morgan fingerprint density at radius 3 is 2.76 bits per heavy atom. The van der Waals surface area contributed by atoms with Crippen molar-refractivity contribution in [3.63, 3.8) is 0 Å². The maximum atomic E-state index is 12.3. The normalized spacial score (nSPS) is 15.5. The third kappa shape index (κ3) is 4.34. The van der Waals surface area contributed by atoms with Gasteiger partial charge in [-0.3, -0.25) is 15.1 Å². The van der Waals surface area contributed by atoms with Gasteiger partial charge < -0.3 is 18.8 Å². The van der Waals surface area contributed by atoms with Crippen LogP contribution in [0.3, 0.4) is 0 Å². The molecular weight excluding hydrogens is 326 g/mol. The van der Waals surface area contributed by atoms with Crippen molar-refractivity contribution in [2.45, 2.75) is 39.2 Å². The van der Waals surface area contributed by atoms with E-state index in [4.69, 9.17) is 14.2 Å². The highest BCUT2D eigenvalue weighted by molar-refractivity contribution is 5.88. The quantitative estimate of drug-likeness (QED) is 0.914. The predicted molar refractivity (Wildman–Crippen MR) is 91.6 cm³/mol. The number of fused-ring (bicyclic) bond motifs is 1. The number of amides is 1. The molecule has 2 aromatic rings. The molecule has 1 amide bonds. The highest BCUT2D eigenvalue weighted by atomic mass is 16.7. The number of nitrogens with zero attached hydrogens (tertiary/aromatic N) is 2. The van der Waals surface area contributed by atoms with E-state index in [1.54, 1.807) is 32.9 Å². The number of rotatable bonds is 3. The zero-order valence-electron chi connectivity index (χ0n) is 14.4. The van der Waals surface area contributed by atoms with Crippen LogP contribution in [0.25, 0.3) is 11.0 Å². The minimum Gasteiger partial charge on any atom is -0.444 e. The summed E-state index contributed by atoms with van der Waals surface area (Å²) >= 11 is 0. The van der Waals surface area contributed by atoms with Gasteiger partial charge in [0.25, 0.3) is 5.56 Å². The number of carbonyl (C=O) groups is 1. The van der Waals surface area contributed by atoms with Crippen LogP contribution in [0.5, 0.6) is 0 Å².